The van der Waals surface area contributed by atoms with Crippen molar-refractivity contribution in [3.8, 4) is 0 Å². The molecule has 0 bridgehead atoms. The zero-order chi connectivity index (χ0) is 15.7. The molecule has 0 amide bonds. The van der Waals surface area contributed by atoms with Crippen molar-refractivity contribution >= 4 is 29.2 Å². The van der Waals surface area contributed by atoms with Crippen LogP contribution in [0.3, 0.4) is 0 Å². The summed E-state index contributed by atoms with van der Waals surface area (Å²) in [6, 6.07) is 12.1. The lowest BCUT2D eigenvalue weighted by molar-refractivity contribution is -0.384. The zero-order valence-corrected chi connectivity index (χ0v) is 11.3. The molecular weight excluding hydrogens is 284 g/mol. The van der Waals surface area contributed by atoms with Crippen molar-refractivity contribution in [2.75, 3.05) is 0 Å². The van der Waals surface area contributed by atoms with E-state index in [1.54, 1.807) is 24.3 Å². The Morgan fingerprint density at radius 1 is 1.14 bits per heavy atom. The number of carbonyl (C=O) groups excluding carboxylic acids is 2. The van der Waals surface area contributed by atoms with Gasteiger partial charge in [-0.1, -0.05) is 24.3 Å². The van der Waals surface area contributed by atoms with Crippen LogP contribution in [0.1, 0.15) is 20.7 Å². The van der Waals surface area contributed by atoms with Crippen molar-refractivity contribution in [2.24, 2.45) is 10.9 Å². The molecule has 22 heavy (non-hydrogen) atoms. The summed E-state index contributed by atoms with van der Waals surface area (Å²) in [5.74, 6) is -1.88. The molecule has 108 valence electrons. The van der Waals surface area contributed by atoms with Gasteiger partial charge in [0, 0.05) is 29.5 Å². The lowest BCUT2D eigenvalue weighted by Crippen LogP contribution is -2.28. The van der Waals surface area contributed by atoms with Gasteiger partial charge in [0.05, 0.1) is 10.6 Å². The van der Waals surface area contributed by atoms with Gasteiger partial charge in [-0.15, -0.1) is 0 Å². The molecule has 1 aliphatic heterocycles. The number of hydrogen-bond acceptors (Lipinski definition) is 5. The highest BCUT2D eigenvalue weighted by atomic mass is 16.6. The molecule has 6 nitrogen and oxygen atoms in total. The molecule has 0 saturated carbocycles. The predicted molar refractivity (Wildman–Crippen MR) is 79.8 cm³/mol. The summed E-state index contributed by atoms with van der Waals surface area (Å²) in [5.41, 5.74) is 0.842. The van der Waals surface area contributed by atoms with E-state index in [1.807, 2.05) is 0 Å². The highest BCUT2D eigenvalue weighted by Crippen LogP contribution is 2.27. The van der Waals surface area contributed by atoms with Crippen molar-refractivity contribution in [3.63, 3.8) is 0 Å². The van der Waals surface area contributed by atoms with E-state index in [0.29, 0.717) is 11.3 Å². The molecule has 2 aromatic rings. The Morgan fingerprint density at radius 2 is 1.91 bits per heavy atom. The Labute approximate surface area is 125 Å². The third-order valence-corrected chi connectivity index (χ3v) is 3.44. The lowest BCUT2D eigenvalue weighted by atomic mass is 9.88. The molecule has 0 aliphatic carbocycles. The van der Waals surface area contributed by atoms with Crippen molar-refractivity contribution in [3.05, 3.63) is 69.8 Å². The molecule has 0 fully saturated rings. The minimum Gasteiger partial charge on any atom is -0.293 e. The smallest absolute Gasteiger partial charge is 0.270 e. The van der Waals surface area contributed by atoms with Gasteiger partial charge in [0.25, 0.3) is 5.69 Å². The fraction of sp³-hybridized carbons (Fsp3) is 0.0625. The number of nitro benzene ring substituents is 1. The molecule has 0 saturated heterocycles. The summed E-state index contributed by atoms with van der Waals surface area (Å²) in [5, 5.41) is 10.8. The Hall–Kier alpha value is -3.15. The first-order valence-corrected chi connectivity index (χ1v) is 6.54. The third kappa shape index (κ3) is 2.31. The van der Waals surface area contributed by atoms with Gasteiger partial charge in [-0.3, -0.25) is 24.7 Å². The van der Waals surface area contributed by atoms with Crippen LogP contribution in [0, 0.1) is 16.0 Å². The molecule has 0 N–H and O–H groups in total. The summed E-state index contributed by atoms with van der Waals surface area (Å²) in [6.07, 6.45) is 1.30. The van der Waals surface area contributed by atoms with Crippen molar-refractivity contribution in [1.82, 2.24) is 0 Å². The zero-order valence-electron chi connectivity index (χ0n) is 11.3. The van der Waals surface area contributed by atoms with E-state index in [-0.39, 0.29) is 17.0 Å². The van der Waals surface area contributed by atoms with E-state index < -0.39 is 16.6 Å². The van der Waals surface area contributed by atoms with Crippen molar-refractivity contribution in [2.45, 2.75) is 0 Å². The monoisotopic (exact) mass is 294 g/mol. The van der Waals surface area contributed by atoms with E-state index in [2.05, 4.69) is 4.99 Å². The van der Waals surface area contributed by atoms with Crippen molar-refractivity contribution in [1.29, 1.82) is 0 Å². The molecular formula is C16H10N2O4. The van der Waals surface area contributed by atoms with Gasteiger partial charge < -0.3 is 0 Å². The second-order valence-corrected chi connectivity index (χ2v) is 4.81. The summed E-state index contributed by atoms with van der Waals surface area (Å²) >= 11 is 0. The number of nitrogens with zero attached hydrogens (tertiary/aromatic N) is 2. The normalized spacial score (nSPS) is 16.2. The first-order chi connectivity index (χ1) is 10.6. The number of benzene rings is 2. The van der Waals surface area contributed by atoms with Crippen LogP contribution in [0.2, 0.25) is 0 Å². The van der Waals surface area contributed by atoms with E-state index in [1.165, 1.54) is 30.5 Å². The Balaban J connectivity index is 1.96. The highest BCUT2D eigenvalue weighted by Gasteiger charge is 2.31. The van der Waals surface area contributed by atoms with Crippen LogP contribution in [0.25, 0.3) is 0 Å². The number of nitro groups is 1. The van der Waals surface area contributed by atoms with Gasteiger partial charge in [0.15, 0.2) is 11.6 Å². The molecule has 0 aromatic heterocycles. The molecule has 6 heteroatoms. The van der Waals surface area contributed by atoms with E-state index >= 15 is 0 Å². The summed E-state index contributed by atoms with van der Waals surface area (Å²) in [4.78, 5) is 39.2. The number of Topliss-reactive ketones (excluding diaryl/α,β-unsaturated/α-hetero) is 2. The second-order valence-electron chi connectivity index (χ2n) is 4.81. The van der Waals surface area contributed by atoms with Crippen LogP contribution in [-0.4, -0.2) is 22.7 Å². The molecule has 1 unspecified atom stereocenters. The first-order valence-electron chi connectivity index (χ1n) is 6.54. The lowest BCUT2D eigenvalue weighted by Gasteiger charge is -2.16. The maximum absolute atomic E-state index is 12.5. The fourth-order valence-electron chi connectivity index (χ4n) is 2.32. The average Bonchev–Trinajstić information content (AvgIpc) is 2.55. The first kappa shape index (κ1) is 13.8. The highest BCUT2D eigenvalue weighted by molar-refractivity contribution is 6.27. The fourth-order valence-corrected chi connectivity index (χ4v) is 2.32. The quantitative estimate of drug-likeness (QED) is 0.376. The third-order valence-electron chi connectivity index (χ3n) is 3.44. The van der Waals surface area contributed by atoms with E-state index in [9.17, 15) is 19.7 Å². The topological polar surface area (TPSA) is 89.6 Å². The van der Waals surface area contributed by atoms with Crippen LogP contribution in [0.5, 0.6) is 0 Å². The minimum atomic E-state index is -1.04. The Morgan fingerprint density at radius 3 is 2.68 bits per heavy atom. The standard InChI is InChI=1S/C16H10N2O4/c19-15(10-4-3-5-11(8-10)18(21)22)13-9-17-14-7-2-1-6-12(14)16(13)20/h1-9,13H. The van der Waals surface area contributed by atoms with Crippen molar-refractivity contribution < 1.29 is 14.5 Å². The van der Waals surface area contributed by atoms with Gasteiger partial charge in [0.2, 0.25) is 0 Å². The molecule has 0 radical (unpaired) electrons. The SMILES string of the molecule is O=C(c1cccc([N+](=O)[O-])c1)C1C=Nc2ccccc2C1=O. The number of non-ortho nitro benzene ring substituents is 1. The van der Waals surface area contributed by atoms with Crippen LogP contribution < -0.4 is 0 Å². The van der Waals surface area contributed by atoms with Crippen LogP contribution in [-0.2, 0) is 0 Å². The van der Waals surface area contributed by atoms with Crippen LogP contribution in [0.15, 0.2) is 53.5 Å². The van der Waals surface area contributed by atoms with E-state index in [4.69, 9.17) is 0 Å². The Bertz CT molecular complexity index is 826. The summed E-state index contributed by atoms with van der Waals surface area (Å²) in [7, 11) is 0. The predicted octanol–water partition coefficient (Wildman–Crippen LogP) is 2.99. The van der Waals surface area contributed by atoms with E-state index in [0.717, 1.165) is 0 Å². The summed E-state index contributed by atoms with van der Waals surface area (Å²) < 4.78 is 0. The molecule has 3 rings (SSSR count). The number of ketones is 2. The number of aliphatic imine (C=N–C) groups is 1. The van der Waals surface area contributed by atoms with Crippen LogP contribution in [0.4, 0.5) is 11.4 Å². The second kappa shape index (κ2) is 5.33. The minimum absolute atomic E-state index is 0.124. The van der Waals surface area contributed by atoms with Gasteiger partial charge >= 0.3 is 0 Å². The number of fused-ring (bicyclic) bond motifs is 1. The number of para-hydroxylation sites is 1. The van der Waals surface area contributed by atoms with Gasteiger partial charge in [-0.25, -0.2) is 0 Å². The number of rotatable bonds is 3. The van der Waals surface area contributed by atoms with Gasteiger partial charge in [-0.05, 0) is 12.1 Å². The van der Waals surface area contributed by atoms with Gasteiger partial charge in [0.1, 0.15) is 5.92 Å². The maximum atomic E-state index is 12.5. The average molecular weight is 294 g/mol. The molecule has 1 aliphatic rings. The number of hydrogen-bond donors (Lipinski definition) is 0. The maximum Gasteiger partial charge on any atom is 0.270 e. The molecule has 0 spiro atoms. The largest absolute Gasteiger partial charge is 0.293 e. The Kier molecular flexibility index (Phi) is 3.34. The van der Waals surface area contributed by atoms with Gasteiger partial charge in [-0.2, -0.15) is 0 Å². The molecule has 1 atom stereocenters. The molecule has 1 heterocycles. The summed E-state index contributed by atoms with van der Waals surface area (Å²) in [6.45, 7) is 0. The number of carbonyl (C=O) groups is 2. The molecule has 2 aromatic carbocycles. The van der Waals surface area contributed by atoms with Crippen LogP contribution >= 0.6 is 0 Å².